The lowest BCUT2D eigenvalue weighted by Gasteiger charge is -2.08. The van der Waals surface area contributed by atoms with Crippen molar-refractivity contribution in [2.45, 2.75) is 24.7 Å². The molecule has 2 aromatic carbocycles. The summed E-state index contributed by atoms with van der Waals surface area (Å²) in [6.07, 6.45) is 1.44. The molecule has 3 aromatic rings. The van der Waals surface area contributed by atoms with Gasteiger partial charge in [0.25, 0.3) is 5.91 Å². The number of hydrogen-bond acceptors (Lipinski definition) is 5. The first-order chi connectivity index (χ1) is 13.3. The Morgan fingerprint density at radius 3 is 2.75 bits per heavy atom. The van der Waals surface area contributed by atoms with E-state index in [0.29, 0.717) is 22.7 Å². The van der Waals surface area contributed by atoms with Gasteiger partial charge in [-0.1, -0.05) is 26.0 Å². The summed E-state index contributed by atoms with van der Waals surface area (Å²) in [4.78, 5) is 17.0. The van der Waals surface area contributed by atoms with Crippen molar-refractivity contribution in [1.29, 1.82) is 0 Å². The van der Waals surface area contributed by atoms with Crippen LogP contribution in [0.3, 0.4) is 0 Å². The SMILES string of the molecule is C=CCNS(=O)(=O)c1cccc(C(=O)Nc2ccc3oc(C(C)C)nc3c2)c1. The Morgan fingerprint density at radius 1 is 1.25 bits per heavy atom. The molecule has 7 nitrogen and oxygen atoms in total. The van der Waals surface area contributed by atoms with Gasteiger partial charge in [-0.15, -0.1) is 6.58 Å². The summed E-state index contributed by atoms with van der Waals surface area (Å²) in [5.74, 6) is 0.362. The highest BCUT2D eigenvalue weighted by atomic mass is 32.2. The number of rotatable bonds is 7. The van der Waals surface area contributed by atoms with E-state index in [1.807, 2.05) is 13.8 Å². The number of carbonyl (C=O) groups excluding carboxylic acids is 1. The molecule has 1 aromatic heterocycles. The maximum Gasteiger partial charge on any atom is 0.255 e. The van der Waals surface area contributed by atoms with E-state index in [-0.39, 0.29) is 22.9 Å². The molecule has 3 rings (SSSR count). The molecule has 146 valence electrons. The number of hydrogen-bond donors (Lipinski definition) is 2. The number of amides is 1. The van der Waals surface area contributed by atoms with Crippen LogP contribution in [0.1, 0.15) is 36.0 Å². The molecule has 0 saturated carbocycles. The first-order valence-electron chi connectivity index (χ1n) is 8.72. The van der Waals surface area contributed by atoms with Gasteiger partial charge in [-0.25, -0.2) is 18.1 Å². The van der Waals surface area contributed by atoms with E-state index in [4.69, 9.17) is 4.42 Å². The van der Waals surface area contributed by atoms with Crippen LogP contribution in [0.5, 0.6) is 0 Å². The Balaban J connectivity index is 1.82. The maximum absolute atomic E-state index is 12.6. The van der Waals surface area contributed by atoms with E-state index in [1.165, 1.54) is 24.3 Å². The summed E-state index contributed by atoms with van der Waals surface area (Å²) >= 11 is 0. The third-order valence-corrected chi connectivity index (χ3v) is 5.40. The summed E-state index contributed by atoms with van der Waals surface area (Å²) in [7, 11) is -3.71. The zero-order valence-electron chi connectivity index (χ0n) is 15.6. The van der Waals surface area contributed by atoms with Crippen LogP contribution in [0.2, 0.25) is 0 Å². The predicted molar refractivity (Wildman–Crippen MR) is 108 cm³/mol. The third-order valence-electron chi connectivity index (χ3n) is 3.98. The number of nitrogens with zero attached hydrogens (tertiary/aromatic N) is 1. The van der Waals surface area contributed by atoms with Crippen molar-refractivity contribution >= 4 is 32.7 Å². The minimum atomic E-state index is -3.71. The molecule has 0 fully saturated rings. The molecule has 1 heterocycles. The lowest BCUT2D eigenvalue weighted by molar-refractivity contribution is 0.102. The van der Waals surface area contributed by atoms with Crippen molar-refractivity contribution in [3.8, 4) is 0 Å². The van der Waals surface area contributed by atoms with Crippen LogP contribution in [-0.2, 0) is 10.0 Å². The number of anilines is 1. The average Bonchev–Trinajstić information content (AvgIpc) is 3.10. The van der Waals surface area contributed by atoms with Crippen molar-refractivity contribution in [3.05, 3.63) is 66.6 Å². The Labute approximate surface area is 163 Å². The second-order valence-electron chi connectivity index (χ2n) is 6.51. The zero-order valence-corrected chi connectivity index (χ0v) is 16.4. The van der Waals surface area contributed by atoms with Gasteiger partial charge in [0.2, 0.25) is 10.0 Å². The van der Waals surface area contributed by atoms with Gasteiger partial charge in [0, 0.05) is 23.7 Å². The minimum Gasteiger partial charge on any atom is -0.440 e. The van der Waals surface area contributed by atoms with Crippen LogP contribution in [0.4, 0.5) is 5.69 Å². The number of fused-ring (bicyclic) bond motifs is 1. The van der Waals surface area contributed by atoms with Gasteiger partial charge in [0.15, 0.2) is 11.5 Å². The zero-order chi connectivity index (χ0) is 20.3. The Morgan fingerprint density at radius 2 is 2.04 bits per heavy atom. The first-order valence-corrected chi connectivity index (χ1v) is 10.2. The molecular formula is C20H21N3O4S. The standard InChI is InChI=1S/C20H21N3O4S/c1-4-10-21-28(25,26)16-7-5-6-14(11-16)19(24)22-15-8-9-18-17(12-15)23-20(27-18)13(2)3/h4-9,11-13,21H,1,10H2,2-3H3,(H,22,24). The lowest BCUT2D eigenvalue weighted by atomic mass is 10.2. The van der Waals surface area contributed by atoms with Crippen LogP contribution in [0.15, 0.2) is 64.4 Å². The number of sulfonamides is 1. The van der Waals surface area contributed by atoms with Crippen LogP contribution >= 0.6 is 0 Å². The van der Waals surface area contributed by atoms with Gasteiger partial charge >= 0.3 is 0 Å². The maximum atomic E-state index is 12.6. The summed E-state index contributed by atoms with van der Waals surface area (Å²) in [6, 6.07) is 11.0. The third kappa shape index (κ3) is 4.29. The summed E-state index contributed by atoms with van der Waals surface area (Å²) in [5, 5.41) is 2.76. The molecule has 0 spiro atoms. The van der Waals surface area contributed by atoms with Crippen molar-refractivity contribution in [2.75, 3.05) is 11.9 Å². The molecule has 1 amide bonds. The Hall–Kier alpha value is -2.97. The van der Waals surface area contributed by atoms with E-state index < -0.39 is 15.9 Å². The van der Waals surface area contributed by atoms with Crippen molar-refractivity contribution < 1.29 is 17.6 Å². The Kier molecular flexibility index (Phi) is 5.62. The smallest absolute Gasteiger partial charge is 0.255 e. The second-order valence-corrected chi connectivity index (χ2v) is 8.28. The monoisotopic (exact) mass is 399 g/mol. The summed E-state index contributed by atoms with van der Waals surface area (Å²) in [5.41, 5.74) is 2.05. The number of oxazole rings is 1. The van der Waals surface area contributed by atoms with Gasteiger partial charge in [-0.2, -0.15) is 0 Å². The largest absolute Gasteiger partial charge is 0.440 e. The lowest BCUT2D eigenvalue weighted by Crippen LogP contribution is -2.24. The molecule has 0 radical (unpaired) electrons. The van der Waals surface area contributed by atoms with E-state index in [9.17, 15) is 13.2 Å². The molecule has 28 heavy (non-hydrogen) atoms. The van der Waals surface area contributed by atoms with Gasteiger partial charge in [0.1, 0.15) is 5.52 Å². The number of aromatic nitrogens is 1. The van der Waals surface area contributed by atoms with E-state index >= 15 is 0 Å². The van der Waals surface area contributed by atoms with Crippen molar-refractivity contribution in [3.63, 3.8) is 0 Å². The highest BCUT2D eigenvalue weighted by molar-refractivity contribution is 7.89. The Bertz CT molecular complexity index is 1130. The molecular weight excluding hydrogens is 378 g/mol. The van der Waals surface area contributed by atoms with Gasteiger partial charge in [-0.05, 0) is 36.4 Å². The molecule has 0 aliphatic carbocycles. The molecule has 8 heteroatoms. The number of nitrogens with one attached hydrogen (secondary N) is 2. The highest BCUT2D eigenvalue weighted by Crippen LogP contribution is 2.24. The normalized spacial score (nSPS) is 11.7. The molecule has 0 bridgehead atoms. The van der Waals surface area contributed by atoms with Gasteiger partial charge in [-0.3, -0.25) is 4.79 Å². The predicted octanol–water partition coefficient (Wildman–Crippen LogP) is 3.67. The minimum absolute atomic E-state index is 0.00975. The van der Waals surface area contributed by atoms with Crippen LogP contribution in [0.25, 0.3) is 11.1 Å². The molecule has 0 saturated heterocycles. The molecule has 2 N–H and O–H groups in total. The fourth-order valence-electron chi connectivity index (χ4n) is 2.53. The average molecular weight is 399 g/mol. The van der Waals surface area contributed by atoms with E-state index in [2.05, 4.69) is 21.6 Å². The number of carbonyl (C=O) groups is 1. The van der Waals surface area contributed by atoms with Crippen molar-refractivity contribution in [2.24, 2.45) is 0 Å². The van der Waals surface area contributed by atoms with Crippen LogP contribution < -0.4 is 10.0 Å². The van der Waals surface area contributed by atoms with E-state index in [1.54, 1.807) is 24.3 Å². The molecule has 0 aliphatic heterocycles. The molecule has 0 atom stereocenters. The van der Waals surface area contributed by atoms with Gasteiger partial charge in [0.05, 0.1) is 4.90 Å². The highest BCUT2D eigenvalue weighted by Gasteiger charge is 2.16. The second kappa shape index (κ2) is 7.95. The fourth-order valence-corrected chi connectivity index (χ4v) is 3.57. The quantitative estimate of drug-likeness (QED) is 0.590. The number of benzene rings is 2. The van der Waals surface area contributed by atoms with Crippen LogP contribution in [-0.4, -0.2) is 25.9 Å². The van der Waals surface area contributed by atoms with Crippen LogP contribution in [0, 0.1) is 0 Å². The fraction of sp³-hybridized carbons (Fsp3) is 0.200. The topological polar surface area (TPSA) is 101 Å². The summed E-state index contributed by atoms with van der Waals surface area (Å²) in [6.45, 7) is 7.55. The molecule has 0 aliphatic rings. The van der Waals surface area contributed by atoms with Gasteiger partial charge < -0.3 is 9.73 Å². The molecule has 0 unspecified atom stereocenters. The first kappa shape index (κ1) is 19.8. The van der Waals surface area contributed by atoms with Crippen molar-refractivity contribution in [1.82, 2.24) is 9.71 Å². The van der Waals surface area contributed by atoms with E-state index in [0.717, 1.165) is 0 Å². The summed E-state index contributed by atoms with van der Waals surface area (Å²) < 4.78 is 32.5.